The van der Waals surface area contributed by atoms with Crippen LogP contribution in [0.25, 0.3) is 0 Å². The van der Waals surface area contributed by atoms with Crippen LogP contribution in [0, 0.1) is 5.82 Å². The van der Waals surface area contributed by atoms with Crippen molar-refractivity contribution >= 4 is 45.9 Å². The number of carbonyl (C=O) groups excluding carboxylic acids is 1. The van der Waals surface area contributed by atoms with Gasteiger partial charge in [-0.1, -0.05) is 23.7 Å². The summed E-state index contributed by atoms with van der Waals surface area (Å²) in [6, 6.07) is 10.2. The first-order valence-electron chi connectivity index (χ1n) is 8.94. The van der Waals surface area contributed by atoms with E-state index >= 15 is 0 Å². The molecule has 0 saturated carbocycles. The average molecular weight is 478 g/mol. The number of carbonyl (C=O) groups is 1. The van der Waals surface area contributed by atoms with Crippen LogP contribution in [0.3, 0.4) is 0 Å². The Labute approximate surface area is 186 Å². The lowest BCUT2D eigenvalue weighted by atomic mass is 10.1. The largest absolute Gasteiger partial charge is 0.465 e. The summed E-state index contributed by atoms with van der Waals surface area (Å²) >= 11 is 5.90. The summed E-state index contributed by atoms with van der Waals surface area (Å²) in [4.78, 5) is 11.6. The predicted molar refractivity (Wildman–Crippen MR) is 116 cm³/mol. The van der Waals surface area contributed by atoms with Gasteiger partial charge in [-0.15, -0.1) is 12.4 Å². The quantitative estimate of drug-likeness (QED) is 0.647. The van der Waals surface area contributed by atoms with Gasteiger partial charge in [0.25, 0.3) is 0 Å². The molecule has 0 radical (unpaired) electrons. The second-order valence-corrected chi connectivity index (χ2v) is 8.71. The van der Waals surface area contributed by atoms with Crippen LogP contribution < -0.4 is 9.62 Å². The van der Waals surface area contributed by atoms with Crippen molar-refractivity contribution in [2.45, 2.75) is 6.54 Å². The molecule has 0 unspecified atom stereocenters. The van der Waals surface area contributed by atoms with Crippen molar-refractivity contribution < 1.29 is 22.3 Å². The van der Waals surface area contributed by atoms with Gasteiger partial charge in [0.05, 0.1) is 29.9 Å². The highest BCUT2D eigenvalue weighted by molar-refractivity contribution is 7.90. The molecule has 0 bridgehead atoms. The van der Waals surface area contributed by atoms with Gasteiger partial charge in [0, 0.05) is 26.2 Å². The summed E-state index contributed by atoms with van der Waals surface area (Å²) in [5, 5.41) is 2.95. The van der Waals surface area contributed by atoms with Crippen molar-refractivity contribution in [3.05, 3.63) is 64.4 Å². The fourth-order valence-electron chi connectivity index (χ4n) is 2.99. The maximum Gasteiger partial charge on any atom is 0.337 e. The Balaban J connectivity index is 0.00000320. The van der Waals surface area contributed by atoms with Crippen LogP contribution in [0.15, 0.2) is 42.5 Å². The average Bonchev–Trinajstić information content (AvgIpc) is 2.74. The van der Waals surface area contributed by atoms with Crippen molar-refractivity contribution in [3.63, 3.8) is 0 Å². The molecule has 0 amide bonds. The van der Waals surface area contributed by atoms with Gasteiger partial charge in [0.1, 0.15) is 5.82 Å². The Morgan fingerprint density at radius 1 is 1.20 bits per heavy atom. The van der Waals surface area contributed by atoms with E-state index in [1.165, 1.54) is 27.9 Å². The summed E-state index contributed by atoms with van der Waals surface area (Å²) < 4.78 is 47.5. The molecular formula is C19H22Cl2FN3O4S. The number of halogens is 3. The van der Waals surface area contributed by atoms with Crippen LogP contribution >= 0.6 is 24.0 Å². The van der Waals surface area contributed by atoms with Gasteiger partial charge in [-0.3, -0.25) is 4.31 Å². The SMILES string of the molecule is COC(=O)c1ccc(CN(c2ccc(F)c(Cl)c2)S(=O)(=O)N2CCNCC2)cc1.Cl. The van der Waals surface area contributed by atoms with Crippen molar-refractivity contribution in [1.29, 1.82) is 0 Å². The summed E-state index contributed by atoms with van der Waals surface area (Å²) in [5.74, 6) is -1.11. The summed E-state index contributed by atoms with van der Waals surface area (Å²) in [6.45, 7) is 1.75. The number of nitrogens with zero attached hydrogens (tertiary/aromatic N) is 2. The third kappa shape index (κ3) is 5.41. The Bertz CT molecular complexity index is 984. The molecular weight excluding hydrogens is 456 g/mol. The zero-order chi connectivity index (χ0) is 21.0. The number of nitrogens with one attached hydrogen (secondary N) is 1. The molecule has 7 nitrogen and oxygen atoms in total. The highest BCUT2D eigenvalue weighted by Gasteiger charge is 2.31. The monoisotopic (exact) mass is 477 g/mol. The van der Waals surface area contributed by atoms with Gasteiger partial charge in [0.2, 0.25) is 0 Å². The minimum atomic E-state index is -3.88. The lowest BCUT2D eigenvalue weighted by molar-refractivity contribution is 0.0600. The van der Waals surface area contributed by atoms with Gasteiger partial charge in [-0.2, -0.15) is 12.7 Å². The molecule has 1 heterocycles. The minimum Gasteiger partial charge on any atom is -0.465 e. The van der Waals surface area contributed by atoms with Gasteiger partial charge in [-0.05, 0) is 35.9 Å². The number of methoxy groups -OCH3 is 1. The van der Waals surface area contributed by atoms with E-state index in [-0.39, 0.29) is 29.7 Å². The second-order valence-electron chi connectivity index (χ2n) is 6.45. The zero-order valence-corrected chi connectivity index (χ0v) is 18.6. The van der Waals surface area contributed by atoms with E-state index in [4.69, 9.17) is 11.6 Å². The molecule has 30 heavy (non-hydrogen) atoms. The lowest BCUT2D eigenvalue weighted by Gasteiger charge is -2.33. The van der Waals surface area contributed by atoms with Crippen molar-refractivity contribution in [1.82, 2.24) is 9.62 Å². The Hall–Kier alpha value is -1.91. The number of anilines is 1. The van der Waals surface area contributed by atoms with Crippen LogP contribution in [-0.4, -0.2) is 52.0 Å². The molecule has 0 aliphatic carbocycles. The number of esters is 1. The fraction of sp³-hybridized carbons (Fsp3) is 0.316. The third-order valence-corrected chi connectivity index (χ3v) is 6.78. The van der Waals surface area contributed by atoms with Crippen LogP contribution in [0.4, 0.5) is 10.1 Å². The second kappa shape index (κ2) is 10.4. The molecule has 0 atom stereocenters. The number of ether oxygens (including phenoxy) is 1. The molecule has 1 N–H and O–H groups in total. The zero-order valence-electron chi connectivity index (χ0n) is 16.2. The molecule has 1 aliphatic rings. The lowest BCUT2D eigenvalue weighted by Crippen LogP contribution is -2.51. The molecule has 1 saturated heterocycles. The molecule has 0 spiro atoms. The maximum atomic E-state index is 13.6. The van der Waals surface area contributed by atoms with Gasteiger partial charge < -0.3 is 10.1 Å². The van der Waals surface area contributed by atoms with E-state index in [1.54, 1.807) is 24.3 Å². The first kappa shape index (κ1) is 24.4. The molecule has 2 aromatic carbocycles. The number of piperazine rings is 1. The fourth-order valence-corrected chi connectivity index (χ4v) is 4.78. The summed E-state index contributed by atoms with van der Waals surface area (Å²) in [7, 11) is -2.59. The van der Waals surface area contributed by atoms with E-state index < -0.39 is 22.0 Å². The standard InChI is InChI=1S/C19H21ClFN3O4S.ClH/c1-28-19(25)15-4-2-14(3-5-15)13-24(16-6-7-18(21)17(20)12-16)29(26,27)23-10-8-22-9-11-23;/h2-7,12,22H,8-11,13H2,1H3;1H. The number of hydrogen-bond donors (Lipinski definition) is 1. The van der Waals surface area contributed by atoms with E-state index in [2.05, 4.69) is 10.1 Å². The number of hydrogen-bond acceptors (Lipinski definition) is 5. The predicted octanol–water partition coefficient (Wildman–Crippen LogP) is 2.84. The molecule has 3 rings (SSSR count). The number of rotatable bonds is 6. The third-order valence-electron chi connectivity index (χ3n) is 4.57. The topological polar surface area (TPSA) is 79.0 Å². The van der Waals surface area contributed by atoms with E-state index in [9.17, 15) is 17.6 Å². The summed E-state index contributed by atoms with van der Waals surface area (Å²) in [5.41, 5.74) is 1.27. The minimum absolute atomic E-state index is 0. The van der Waals surface area contributed by atoms with Crippen LogP contribution in [0.1, 0.15) is 15.9 Å². The van der Waals surface area contributed by atoms with Crippen molar-refractivity contribution in [2.75, 3.05) is 37.6 Å². The van der Waals surface area contributed by atoms with Crippen LogP contribution in [0.5, 0.6) is 0 Å². The molecule has 0 aromatic heterocycles. The van der Waals surface area contributed by atoms with Crippen LogP contribution in [0.2, 0.25) is 5.02 Å². The summed E-state index contributed by atoms with van der Waals surface area (Å²) in [6.07, 6.45) is 0. The number of benzene rings is 2. The van der Waals surface area contributed by atoms with E-state index in [0.717, 1.165) is 6.07 Å². The van der Waals surface area contributed by atoms with Gasteiger partial charge in [-0.25, -0.2) is 9.18 Å². The smallest absolute Gasteiger partial charge is 0.337 e. The maximum absolute atomic E-state index is 13.6. The molecule has 1 fully saturated rings. The van der Waals surface area contributed by atoms with Gasteiger partial charge >= 0.3 is 16.2 Å². The first-order chi connectivity index (χ1) is 13.8. The molecule has 11 heteroatoms. The first-order valence-corrected chi connectivity index (χ1v) is 10.7. The Morgan fingerprint density at radius 2 is 1.83 bits per heavy atom. The van der Waals surface area contributed by atoms with Crippen LogP contribution in [-0.2, 0) is 21.5 Å². The normalized spacial score (nSPS) is 14.6. The van der Waals surface area contributed by atoms with Crippen molar-refractivity contribution in [2.24, 2.45) is 0 Å². The van der Waals surface area contributed by atoms with Gasteiger partial charge in [0.15, 0.2) is 0 Å². The van der Waals surface area contributed by atoms with E-state index in [0.29, 0.717) is 37.3 Å². The van der Waals surface area contributed by atoms with Crippen molar-refractivity contribution in [3.8, 4) is 0 Å². The Morgan fingerprint density at radius 3 is 2.40 bits per heavy atom. The molecule has 1 aliphatic heterocycles. The highest BCUT2D eigenvalue weighted by Crippen LogP contribution is 2.28. The highest BCUT2D eigenvalue weighted by atomic mass is 35.5. The van der Waals surface area contributed by atoms with E-state index in [1.807, 2.05) is 0 Å². The Kier molecular flexibility index (Phi) is 8.45. The molecule has 2 aromatic rings. The molecule has 164 valence electrons.